The monoisotopic (exact) mass is 271 g/mol. The Hall–Kier alpha value is -0.610. The van der Waals surface area contributed by atoms with Gasteiger partial charge in [0.05, 0.1) is 12.7 Å². The molecule has 0 radical (unpaired) electrons. The molecule has 19 heavy (non-hydrogen) atoms. The van der Waals surface area contributed by atoms with Gasteiger partial charge < -0.3 is 14.8 Å². The van der Waals surface area contributed by atoms with E-state index in [1.807, 2.05) is 0 Å². The first kappa shape index (κ1) is 16.4. The van der Waals surface area contributed by atoms with E-state index in [4.69, 9.17) is 9.47 Å². The molecule has 3 unspecified atom stereocenters. The molecule has 0 aromatic heterocycles. The topological polar surface area (TPSA) is 47.6 Å². The SMILES string of the molecule is CCC1O[C@@H](OCCCC(=O)NC)C(C)[C@@H](C)C1C. The van der Waals surface area contributed by atoms with E-state index in [-0.39, 0.29) is 18.3 Å². The van der Waals surface area contributed by atoms with Crippen LogP contribution in [0.3, 0.4) is 0 Å². The smallest absolute Gasteiger partial charge is 0.219 e. The molecule has 0 aliphatic carbocycles. The van der Waals surface area contributed by atoms with Gasteiger partial charge in [-0.2, -0.15) is 0 Å². The lowest BCUT2D eigenvalue weighted by atomic mass is 9.78. The highest BCUT2D eigenvalue weighted by molar-refractivity contribution is 5.75. The Balaban J connectivity index is 2.37. The zero-order chi connectivity index (χ0) is 14.4. The van der Waals surface area contributed by atoms with Crippen LogP contribution in [0, 0.1) is 17.8 Å². The predicted octanol–water partition coefficient (Wildman–Crippen LogP) is 2.57. The minimum atomic E-state index is -0.124. The van der Waals surface area contributed by atoms with Crippen molar-refractivity contribution in [1.29, 1.82) is 0 Å². The third-order valence-electron chi connectivity index (χ3n) is 4.49. The fourth-order valence-electron chi connectivity index (χ4n) is 2.70. The van der Waals surface area contributed by atoms with E-state index in [2.05, 4.69) is 33.0 Å². The number of hydrogen-bond donors (Lipinski definition) is 1. The molecule has 1 heterocycles. The molecular weight excluding hydrogens is 242 g/mol. The summed E-state index contributed by atoms with van der Waals surface area (Å²) in [6, 6.07) is 0. The van der Waals surface area contributed by atoms with Gasteiger partial charge in [0.25, 0.3) is 0 Å². The highest BCUT2D eigenvalue weighted by Crippen LogP contribution is 2.36. The fourth-order valence-corrected chi connectivity index (χ4v) is 2.70. The van der Waals surface area contributed by atoms with Crippen molar-refractivity contribution in [2.45, 2.75) is 59.4 Å². The summed E-state index contributed by atoms with van der Waals surface area (Å²) in [6.07, 6.45) is 2.44. The third-order valence-corrected chi connectivity index (χ3v) is 4.49. The van der Waals surface area contributed by atoms with Crippen molar-refractivity contribution in [3.63, 3.8) is 0 Å². The van der Waals surface area contributed by atoms with Gasteiger partial charge in [-0.1, -0.05) is 27.7 Å². The van der Waals surface area contributed by atoms with Crippen molar-refractivity contribution in [3.05, 3.63) is 0 Å². The van der Waals surface area contributed by atoms with Gasteiger partial charge in [0.15, 0.2) is 6.29 Å². The molecule has 0 saturated carbocycles. The molecule has 1 aliphatic rings. The normalized spacial score (nSPS) is 35.1. The molecule has 0 aromatic rings. The van der Waals surface area contributed by atoms with Gasteiger partial charge in [-0.25, -0.2) is 0 Å². The van der Waals surface area contributed by atoms with E-state index in [0.29, 0.717) is 30.8 Å². The Labute approximate surface area is 117 Å². The zero-order valence-electron chi connectivity index (χ0n) is 12.9. The van der Waals surface area contributed by atoms with Crippen LogP contribution in [0.2, 0.25) is 0 Å². The molecule has 0 bridgehead atoms. The molecule has 1 saturated heterocycles. The molecule has 0 aromatic carbocycles. The van der Waals surface area contributed by atoms with E-state index in [0.717, 1.165) is 12.8 Å². The largest absolute Gasteiger partial charge is 0.359 e. The van der Waals surface area contributed by atoms with Crippen LogP contribution in [-0.4, -0.2) is 32.0 Å². The minimum Gasteiger partial charge on any atom is -0.359 e. The summed E-state index contributed by atoms with van der Waals surface area (Å²) in [6.45, 7) is 9.47. The summed E-state index contributed by atoms with van der Waals surface area (Å²) in [5.74, 6) is 1.64. The Morgan fingerprint density at radius 1 is 1.21 bits per heavy atom. The molecule has 1 fully saturated rings. The Kier molecular flexibility index (Phi) is 6.80. The molecule has 1 rings (SSSR count). The van der Waals surface area contributed by atoms with Crippen LogP contribution in [0.1, 0.15) is 47.0 Å². The maximum atomic E-state index is 11.1. The number of nitrogens with one attached hydrogen (secondary N) is 1. The van der Waals surface area contributed by atoms with Crippen LogP contribution >= 0.6 is 0 Å². The van der Waals surface area contributed by atoms with Gasteiger partial charge in [-0.3, -0.25) is 4.79 Å². The zero-order valence-corrected chi connectivity index (χ0v) is 12.9. The summed E-state index contributed by atoms with van der Waals surface area (Å²) >= 11 is 0. The Morgan fingerprint density at radius 2 is 1.89 bits per heavy atom. The first-order chi connectivity index (χ1) is 9.01. The van der Waals surface area contributed by atoms with Crippen LogP contribution in [0.5, 0.6) is 0 Å². The summed E-state index contributed by atoms with van der Waals surface area (Å²) in [5.41, 5.74) is 0. The molecular formula is C15H29NO3. The van der Waals surface area contributed by atoms with Crippen molar-refractivity contribution >= 4 is 5.91 Å². The summed E-state index contributed by atoms with van der Waals surface area (Å²) in [7, 11) is 1.66. The number of hydrogen-bond acceptors (Lipinski definition) is 3. The van der Waals surface area contributed by atoms with Gasteiger partial charge in [-0.15, -0.1) is 0 Å². The number of carbonyl (C=O) groups is 1. The van der Waals surface area contributed by atoms with Gasteiger partial charge in [0, 0.05) is 19.4 Å². The fraction of sp³-hybridized carbons (Fsp3) is 0.933. The molecule has 0 spiro atoms. The van der Waals surface area contributed by atoms with Crippen LogP contribution in [-0.2, 0) is 14.3 Å². The highest BCUT2D eigenvalue weighted by atomic mass is 16.7. The van der Waals surface area contributed by atoms with Crippen molar-refractivity contribution < 1.29 is 14.3 Å². The van der Waals surface area contributed by atoms with E-state index in [9.17, 15) is 4.79 Å². The molecule has 1 N–H and O–H groups in total. The van der Waals surface area contributed by atoms with Crippen LogP contribution in [0.15, 0.2) is 0 Å². The van der Waals surface area contributed by atoms with Crippen LogP contribution in [0.4, 0.5) is 0 Å². The molecule has 1 amide bonds. The summed E-state index contributed by atoms with van der Waals surface area (Å²) < 4.78 is 11.9. The summed E-state index contributed by atoms with van der Waals surface area (Å²) in [4.78, 5) is 11.1. The predicted molar refractivity (Wildman–Crippen MR) is 75.7 cm³/mol. The first-order valence-electron chi connectivity index (χ1n) is 7.48. The standard InChI is InChI=1S/C15H29NO3/c1-6-13-11(3)10(2)12(4)15(19-13)18-9-7-8-14(17)16-5/h10-13,15H,6-9H2,1-5H3,(H,16,17)/t10-,11?,12?,13?,15+/m0/s1. The maximum absolute atomic E-state index is 11.1. The number of carbonyl (C=O) groups excluding carboxylic acids is 1. The van der Waals surface area contributed by atoms with E-state index in [1.165, 1.54) is 0 Å². The van der Waals surface area contributed by atoms with Crippen LogP contribution < -0.4 is 5.32 Å². The minimum absolute atomic E-state index is 0.0645. The molecule has 4 heteroatoms. The molecule has 5 atom stereocenters. The molecule has 112 valence electrons. The Bertz CT molecular complexity index is 281. The van der Waals surface area contributed by atoms with Crippen molar-refractivity contribution in [3.8, 4) is 0 Å². The second kappa shape index (κ2) is 7.85. The highest BCUT2D eigenvalue weighted by Gasteiger charge is 2.38. The van der Waals surface area contributed by atoms with E-state index < -0.39 is 0 Å². The van der Waals surface area contributed by atoms with Crippen molar-refractivity contribution in [1.82, 2.24) is 5.32 Å². The second-order valence-electron chi connectivity index (χ2n) is 5.68. The van der Waals surface area contributed by atoms with Crippen LogP contribution in [0.25, 0.3) is 0 Å². The third kappa shape index (κ3) is 4.46. The lowest BCUT2D eigenvalue weighted by Gasteiger charge is -2.43. The lowest BCUT2D eigenvalue weighted by molar-refractivity contribution is -0.248. The van der Waals surface area contributed by atoms with E-state index in [1.54, 1.807) is 7.05 Å². The van der Waals surface area contributed by atoms with Gasteiger partial charge in [-0.05, 0) is 24.7 Å². The number of rotatable bonds is 6. The molecule has 4 nitrogen and oxygen atoms in total. The van der Waals surface area contributed by atoms with Gasteiger partial charge in [0.2, 0.25) is 5.91 Å². The Morgan fingerprint density at radius 3 is 2.47 bits per heavy atom. The lowest BCUT2D eigenvalue weighted by Crippen LogP contribution is -2.45. The first-order valence-corrected chi connectivity index (χ1v) is 7.48. The number of ether oxygens (including phenoxy) is 2. The average molecular weight is 271 g/mol. The number of amides is 1. The second-order valence-corrected chi connectivity index (χ2v) is 5.68. The van der Waals surface area contributed by atoms with Gasteiger partial charge in [0.1, 0.15) is 0 Å². The van der Waals surface area contributed by atoms with E-state index >= 15 is 0 Å². The van der Waals surface area contributed by atoms with Crippen molar-refractivity contribution in [2.75, 3.05) is 13.7 Å². The summed E-state index contributed by atoms with van der Waals surface area (Å²) in [5, 5.41) is 2.62. The van der Waals surface area contributed by atoms with Gasteiger partial charge >= 0.3 is 0 Å². The molecule has 1 aliphatic heterocycles. The quantitative estimate of drug-likeness (QED) is 0.755. The van der Waals surface area contributed by atoms with Crippen molar-refractivity contribution in [2.24, 2.45) is 17.8 Å². The average Bonchev–Trinajstić information content (AvgIpc) is 2.42. The maximum Gasteiger partial charge on any atom is 0.219 e.